The smallest absolute Gasteiger partial charge is 0.356 e. The molecule has 0 spiro atoms. The molecule has 0 radical (unpaired) electrons. The van der Waals surface area contributed by atoms with Gasteiger partial charge in [0.25, 0.3) is 0 Å². The van der Waals surface area contributed by atoms with Crippen LogP contribution in [0.5, 0.6) is 0 Å². The SMILES string of the molecule is COC(=O)c1[nH]c(Cc2ccc(/C=C/C(=O)O)cc2)nc1-c1ccccc1. The number of carbonyl (C=O) groups is 2. The van der Waals surface area contributed by atoms with E-state index in [4.69, 9.17) is 9.84 Å². The number of nitrogens with zero attached hydrogens (tertiary/aromatic N) is 1. The van der Waals surface area contributed by atoms with Gasteiger partial charge in [-0.15, -0.1) is 0 Å². The molecule has 0 aliphatic carbocycles. The van der Waals surface area contributed by atoms with Crippen LogP contribution in [0, 0.1) is 0 Å². The number of H-pyrrole nitrogens is 1. The summed E-state index contributed by atoms with van der Waals surface area (Å²) in [5, 5.41) is 8.67. The molecule has 1 aromatic heterocycles. The number of carbonyl (C=O) groups excluding carboxylic acids is 1. The highest BCUT2D eigenvalue weighted by molar-refractivity contribution is 5.94. The molecule has 6 nitrogen and oxygen atoms in total. The molecule has 0 amide bonds. The molecule has 136 valence electrons. The number of imidazole rings is 1. The third-order valence-corrected chi connectivity index (χ3v) is 3.96. The Bertz CT molecular complexity index is 973. The number of nitrogens with one attached hydrogen (secondary N) is 1. The lowest BCUT2D eigenvalue weighted by atomic mass is 10.1. The maximum atomic E-state index is 12.1. The first-order chi connectivity index (χ1) is 13.1. The Hall–Kier alpha value is -3.67. The Morgan fingerprint density at radius 2 is 1.81 bits per heavy atom. The topological polar surface area (TPSA) is 92.3 Å². The highest BCUT2D eigenvalue weighted by Gasteiger charge is 2.19. The number of aromatic amines is 1. The van der Waals surface area contributed by atoms with Gasteiger partial charge in [0.15, 0.2) is 5.69 Å². The van der Waals surface area contributed by atoms with Gasteiger partial charge in [-0.2, -0.15) is 0 Å². The zero-order valence-electron chi connectivity index (χ0n) is 14.7. The van der Waals surface area contributed by atoms with Crippen LogP contribution in [-0.4, -0.2) is 34.1 Å². The molecule has 3 rings (SSSR count). The fourth-order valence-corrected chi connectivity index (χ4v) is 2.67. The molecule has 6 heteroatoms. The van der Waals surface area contributed by atoms with Gasteiger partial charge in [-0.05, 0) is 17.2 Å². The van der Waals surface area contributed by atoms with Crippen molar-refractivity contribution in [3.63, 3.8) is 0 Å². The molecule has 0 aliphatic rings. The maximum Gasteiger partial charge on any atom is 0.356 e. The van der Waals surface area contributed by atoms with Gasteiger partial charge in [-0.25, -0.2) is 14.6 Å². The monoisotopic (exact) mass is 362 g/mol. The van der Waals surface area contributed by atoms with E-state index < -0.39 is 11.9 Å². The van der Waals surface area contributed by atoms with Crippen LogP contribution in [-0.2, 0) is 16.0 Å². The van der Waals surface area contributed by atoms with Crippen molar-refractivity contribution in [3.8, 4) is 11.3 Å². The van der Waals surface area contributed by atoms with Gasteiger partial charge in [0.2, 0.25) is 0 Å². The second kappa shape index (κ2) is 8.14. The number of rotatable bonds is 6. The lowest BCUT2D eigenvalue weighted by Crippen LogP contribution is -2.03. The van der Waals surface area contributed by atoms with E-state index in [-0.39, 0.29) is 0 Å². The van der Waals surface area contributed by atoms with Crippen molar-refractivity contribution < 1.29 is 19.4 Å². The van der Waals surface area contributed by atoms with Gasteiger partial charge >= 0.3 is 11.9 Å². The van der Waals surface area contributed by atoms with Crippen molar-refractivity contribution >= 4 is 18.0 Å². The minimum absolute atomic E-state index is 0.319. The van der Waals surface area contributed by atoms with E-state index in [1.165, 1.54) is 13.2 Å². The molecule has 0 atom stereocenters. The predicted octanol–water partition coefficient (Wildman–Crippen LogP) is 3.55. The molecule has 2 aromatic carbocycles. The maximum absolute atomic E-state index is 12.1. The van der Waals surface area contributed by atoms with Crippen molar-refractivity contribution in [2.75, 3.05) is 7.11 Å². The number of esters is 1. The van der Waals surface area contributed by atoms with Crippen molar-refractivity contribution in [3.05, 3.63) is 83.3 Å². The van der Waals surface area contributed by atoms with Crippen molar-refractivity contribution in [1.29, 1.82) is 0 Å². The number of carboxylic acid groups (broad SMARTS) is 1. The van der Waals surface area contributed by atoms with Crippen LogP contribution in [0.2, 0.25) is 0 Å². The summed E-state index contributed by atoms with van der Waals surface area (Å²) in [6.45, 7) is 0. The molecule has 0 fully saturated rings. The molecule has 0 saturated carbocycles. The molecular formula is C21H18N2O4. The summed E-state index contributed by atoms with van der Waals surface area (Å²) in [5.41, 5.74) is 3.47. The first-order valence-electron chi connectivity index (χ1n) is 8.29. The third kappa shape index (κ3) is 4.49. The van der Waals surface area contributed by atoms with Crippen LogP contribution >= 0.6 is 0 Å². The summed E-state index contributed by atoms with van der Waals surface area (Å²) in [7, 11) is 1.33. The fraction of sp³-hybridized carbons (Fsp3) is 0.0952. The zero-order valence-corrected chi connectivity index (χ0v) is 14.7. The van der Waals surface area contributed by atoms with Gasteiger partial charge in [0, 0.05) is 18.1 Å². The average Bonchev–Trinajstić information content (AvgIpc) is 3.11. The lowest BCUT2D eigenvalue weighted by Gasteiger charge is -2.00. The van der Waals surface area contributed by atoms with Crippen LogP contribution in [0.3, 0.4) is 0 Å². The van der Waals surface area contributed by atoms with E-state index in [1.54, 1.807) is 0 Å². The Labute approximate surface area is 156 Å². The fourth-order valence-electron chi connectivity index (χ4n) is 2.67. The number of methoxy groups -OCH3 is 1. The van der Waals surface area contributed by atoms with E-state index in [9.17, 15) is 9.59 Å². The Balaban J connectivity index is 1.86. The van der Waals surface area contributed by atoms with E-state index in [0.717, 1.165) is 22.8 Å². The van der Waals surface area contributed by atoms with Crippen molar-refractivity contribution in [1.82, 2.24) is 9.97 Å². The van der Waals surface area contributed by atoms with Gasteiger partial charge in [0.1, 0.15) is 11.5 Å². The van der Waals surface area contributed by atoms with Crippen LogP contribution in [0.1, 0.15) is 27.4 Å². The summed E-state index contributed by atoms with van der Waals surface area (Å²) in [6.07, 6.45) is 3.12. The molecule has 0 unspecified atom stereocenters. The number of aromatic nitrogens is 2. The summed E-state index contributed by atoms with van der Waals surface area (Å²) in [4.78, 5) is 30.3. The predicted molar refractivity (Wildman–Crippen MR) is 101 cm³/mol. The molecule has 0 bridgehead atoms. The highest BCUT2D eigenvalue weighted by atomic mass is 16.5. The second-order valence-electron chi connectivity index (χ2n) is 5.85. The van der Waals surface area contributed by atoms with Gasteiger partial charge in [0.05, 0.1) is 7.11 Å². The Kier molecular flexibility index (Phi) is 5.47. The van der Waals surface area contributed by atoms with Gasteiger partial charge in [-0.3, -0.25) is 0 Å². The van der Waals surface area contributed by atoms with Crippen molar-refractivity contribution in [2.45, 2.75) is 6.42 Å². The highest BCUT2D eigenvalue weighted by Crippen LogP contribution is 2.23. The lowest BCUT2D eigenvalue weighted by molar-refractivity contribution is -0.131. The molecule has 2 N–H and O–H groups in total. The number of hydrogen-bond acceptors (Lipinski definition) is 4. The zero-order chi connectivity index (χ0) is 19.2. The van der Waals surface area contributed by atoms with Crippen LogP contribution in [0.4, 0.5) is 0 Å². The largest absolute Gasteiger partial charge is 0.478 e. The molecule has 3 aromatic rings. The number of hydrogen-bond donors (Lipinski definition) is 2. The number of carboxylic acids is 1. The van der Waals surface area contributed by atoms with Crippen molar-refractivity contribution in [2.24, 2.45) is 0 Å². The molecule has 1 heterocycles. The summed E-state index contributed by atoms with van der Waals surface area (Å²) in [5.74, 6) is -0.816. The summed E-state index contributed by atoms with van der Waals surface area (Å²) < 4.78 is 4.86. The molecule has 0 aliphatic heterocycles. The van der Waals surface area contributed by atoms with Gasteiger partial charge in [-0.1, -0.05) is 54.6 Å². The van der Waals surface area contributed by atoms with E-state index in [1.807, 2.05) is 54.6 Å². The average molecular weight is 362 g/mol. The van der Waals surface area contributed by atoms with Crippen LogP contribution in [0.25, 0.3) is 17.3 Å². The summed E-state index contributed by atoms with van der Waals surface area (Å²) in [6, 6.07) is 16.9. The number of aliphatic carboxylic acids is 1. The first kappa shape index (κ1) is 18.1. The quantitative estimate of drug-likeness (QED) is 0.517. The minimum atomic E-state index is -0.988. The Morgan fingerprint density at radius 3 is 2.44 bits per heavy atom. The standard InChI is InChI=1S/C21H18N2O4/c1-27-21(26)20-19(16-5-3-2-4-6-16)22-17(23-20)13-15-9-7-14(8-10-15)11-12-18(24)25/h2-12H,13H2,1H3,(H,22,23)(H,24,25)/b12-11+. The second-order valence-corrected chi connectivity index (χ2v) is 5.85. The molecule has 27 heavy (non-hydrogen) atoms. The summed E-state index contributed by atoms with van der Waals surface area (Å²) >= 11 is 0. The first-order valence-corrected chi connectivity index (χ1v) is 8.29. The van der Waals surface area contributed by atoms with E-state index in [2.05, 4.69) is 9.97 Å². The van der Waals surface area contributed by atoms with Crippen LogP contribution < -0.4 is 0 Å². The van der Waals surface area contributed by atoms with Gasteiger partial charge < -0.3 is 14.8 Å². The van der Waals surface area contributed by atoms with E-state index >= 15 is 0 Å². The molecule has 0 saturated heterocycles. The Morgan fingerprint density at radius 1 is 1.11 bits per heavy atom. The minimum Gasteiger partial charge on any atom is -0.478 e. The normalized spacial score (nSPS) is 10.9. The number of benzene rings is 2. The van der Waals surface area contributed by atoms with Crippen LogP contribution in [0.15, 0.2) is 60.7 Å². The van der Waals surface area contributed by atoms with E-state index in [0.29, 0.717) is 23.6 Å². The number of ether oxygens (including phenoxy) is 1. The third-order valence-electron chi connectivity index (χ3n) is 3.96. The molecular weight excluding hydrogens is 344 g/mol.